The van der Waals surface area contributed by atoms with E-state index < -0.39 is 24.2 Å². The Hall–Kier alpha value is -2.02. The minimum Gasteiger partial charge on any atom is -0.497 e. The lowest BCUT2D eigenvalue weighted by Gasteiger charge is -2.22. The second-order valence-electron chi connectivity index (χ2n) is 4.88. The normalized spacial score (nSPS) is 20.4. The zero-order valence-corrected chi connectivity index (χ0v) is 11.9. The SMILES string of the molecule is C=CCO[C@H]1Cc2ccc(OC)cc2[C@H]1NC(=O)C(F)(F)F. The summed E-state index contributed by atoms with van der Waals surface area (Å²) in [7, 11) is 1.46. The van der Waals surface area contributed by atoms with Gasteiger partial charge in [0, 0.05) is 6.42 Å². The van der Waals surface area contributed by atoms with Crippen LogP contribution in [-0.2, 0) is 16.0 Å². The fraction of sp³-hybridized carbons (Fsp3) is 0.400. The monoisotopic (exact) mass is 315 g/mol. The highest BCUT2D eigenvalue weighted by Gasteiger charge is 2.43. The van der Waals surface area contributed by atoms with Crippen LogP contribution in [0.15, 0.2) is 30.9 Å². The summed E-state index contributed by atoms with van der Waals surface area (Å²) in [6.45, 7) is 3.70. The number of ether oxygens (including phenoxy) is 2. The van der Waals surface area contributed by atoms with Crippen molar-refractivity contribution < 1.29 is 27.4 Å². The number of hydrogen-bond donors (Lipinski definition) is 1. The molecule has 0 aromatic heterocycles. The number of benzene rings is 1. The van der Waals surface area contributed by atoms with Gasteiger partial charge >= 0.3 is 12.1 Å². The lowest BCUT2D eigenvalue weighted by molar-refractivity contribution is -0.175. The van der Waals surface area contributed by atoms with Crippen molar-refractivity contribution in [1.29, 1.82) is 0 Å². The topological polar surface area (TPSA) is 47.6 Å². The predicted molar refractivity (Wildman–Crippen MR) is 73.6 cm³/mol. The van der Waals surface area contributed by atoms with Gasteiger partial charge in [-0.05, 0) is 23.3 Å². The molecule has 0 bridgehead atoms. The lowest BCUT2D eigenvalue weighted by atomic mass is 10.1. The van der Waals surface area contributed by atoms with Crippen LogP contribution in [0.2, 0.25) is 0 Å². The zero-order chi connectivity index (χ0) is 16.3. The molecular formula is C15H16F3NO3. The summed E-state index contributed by atoms with van der Waals surface area (Å²) in [4.78, 5) is 11.3. The minimum atomic E-state index is -4.94. The van der Waals surface area contributed by atoms with Crippen LogP contribution in [0.5, 0.6) is 5.75 Å². The van der Waals surface area contributed by atoms with Crippen LogP contribution >= 0.6 is 0 Å². The van der Waals surface area contributed by atoms with E-state index in [0.29, 0.717) is 17.7 Å². The summed E-state index contributed by atoms with van der Waals surface area (Å²) in [5.74, 6) is -1.48. The molecule has 0 saturated heterocycles. The molecule has 0 radical (unpaired) electrons. The van der Waals surface area contributed by atoms with Gasteiger partial charge in [0.1, 0.15) is 5.75 Å². The fourth-order valence-electron chi connectivity index (χ4n) is 2.45. The van der Waals surface area contributed by atoms with Gasteiger partial charge in [0.25, 0.3) is 0 Å². The number of nitrogens with one attached hydrogen (secondary N) is 1. The quantitative estimate of drug-likeness (QED) is 0.850. The number of methoxy groups -OCH3 is 1. The van der Waals surface area contributed by atoms with E-state index in [4.69, 9.17) is 9.47 Å². The molecule has 2 rings (SSSR count). The van der Waals surface area contributed by atoms with E-state index in [1.165, 1.54) is 13.2 Å². The van der Waals surface area contributed by atoms with Crippen molar-refractivity contribution in [2.45, 2.75) is 24.7 Å². The van der Waals surface area contributed by atoms with Crippen molar-refractivity contribution in [3.8, 4) is 5.75 Å². The number of fused-ring (bicyclic) bond motifs is 1. The highest BCUT2D eigenvalue weighted by Crippen LogP contribution is 2.36. The summed E-state index contributed by atoms with van der Waals surface area (Å²) in [5.41, 5.74) is 1.40. The molecule has 0 fully saturated rings. The molecule has 0 unspecified atom stereocenters. The molecule has 2 atom stereocenters. The molecule has 22 heavy (non-hydrogen) atoms. The molecule has 1 aromatic rings. The molecule has 120 valence electrons. The van der Waals surface area contributed by atoms with Gasteiger partial charge in [0.2, 0.25) is 0 Å². The molecule has 0 spiro atoms. The first-order valence-electron chi connectivity index (χ1n) is 6.63. The summed E-state index contributed by atoms with van der Waals surface area (Å²) in [6.07, 6.45) is -3.60. The first-order chi connectivity index (χ1) is 10.4. The average Bonchev–Trinajstić information content (AvgIpc) is 2.81. The van der Waals surface area contributed by atoms with Crippen LogP contribution < -0.4 is 10.1 Å². The number of amides is 1. The molecular weight excluding hydrogens is 299 g/mol. The van der Waals surface area contributed by atoms with E-state index in [0.717, 1.165) is 5.56 Å². The number of halogens is 3. The number of hydrogen-bond acceptors (Lipinski definition) is 3. The maximum absolute atomic E-state index is 12.5. The fourth-order valence-corrected chi connectivity index (χ4v) is 2.45. The van der Waals surface area contributed by atoms with Crippen molar-refractivity contribution in [1.82, 2.24) is 5.32 Å². The highest BCUT2D eigenvalue weighted by atomic mass is 19.4. The third-order valence-electron chi connectivity index (χ3n) is 3.45. The molecule has 0 aliphatic heterocycles. The largest absolute Gasteiger partial charge is 0.497 e. The van der Waals surface area contributed by atoms with Crippen LogP contribution in [0.4, 0.5) is 13.2 Å². The Morgan fingerprint density at radius 2 is 2.23 bits per heavy atom. The smallest absolute Gasteiger partial charge is 0.471 e. The Morgan fingerprint density at radius 1 is 1.50 bits per heavy atom. The third kappa shape index (κ3) is 3.41. The van der Waals surface area contributed by atoms with E-state index in [1.807, 2.05) is 5.32 Å². The minimum absolute atomic E-state index is 0.189. The zero-order valence-electron chi connectivity index (χ0n) is 11.9. The molecule has 1 aromatic carbocycles. The van der Waals surface area contributed by atoms with Gasteiger partial charge in [-0.2, -0.15) is 13.2 Å². The van der Waals surface area contributed by atoms with Gasteiger partial charge in [-0.15, -0.1) is 6.58 Å². The number of carbonyl (C=O) groups excluding carboxylic acids is 1. The van der Waals surface area contributed by atoms with Gasteiger partial charge in [-0.1, -0.05) is 12.1 Å². The molecule has 4 nitrogen and oxygen atoms in total. The first-order valence-corrected chi connectivity index (χ1v) is 6.63. The Balaban J connectivity index is 2.28. The van der Waals surface area contributed by atoms with Crippen molar-refractivity contribution in [3.63, 3.8) is 0 Å². The van der Waals surface area contributed by atoms with Crippen molar-refractivity contribution in [2.24, 2.45) is 0 Å². The van der Waals surface area contributed by atoms with E-state index in [9.17, 15) is 18.0 Å². The van der Waals surface area contributed by atoms with Crippen molar-refractivity contribution in [2.75, 3.05) is 13.7 Å². The van der Waals surface area contributed by atoms with Gasteiger partial charge in [0.05, 0.1) is 25.9 Å². The third-order valence-corrected chi connectivity index (χ3v) is 3.45. The van der Waals surface area contributed by atoms with Gasteiger partial charge in [0.15, 0.2) is 0 Å². The van der Waals surface area contributed by atoms with Crippen LogP contribution in [0.25, 0.3) is 0 Å². The number of alkyl halides is 3. The van der Waals surface area contributed by atoms with Crippen molar-refractivity contribution in [3.05, 3.63) is 42.0 Å². The van der Waals surface area contributed by atoms with E-state index in [2.05, 4.69) is 6.58 Å². The second-order valence-corrected chi connectivity index (χ2v) is 4.88. The maximum Gasteiger partial charge on any atom is 0.471 e. The molecule has 7 heteroatoms. The standard InChI is InChI=1S/C15H16F3NO3/c1-3-6-22-12-7-9-4-5-10(21-2)8-11(9)13(12)19-14(20)15(16,17)18/h3-5,8,12-13H,1,6-7H2,2H3,(H,19,20)/t12-,13+/m0/s1. The van der Waals surface area contributed by atoms with E-state index in [1.54, 1.807) is 18.2 Å². The molecule has 1 amide bonds. The lowest BCUT2D eigenvalue weighted by Crippen LogP contribution is -2.42. The van der Waals surface area contributed by atoms with Gasteiger partial charge in [-0.25, -0.2) is 0 Å². The Kier molecular flexibility index (Phi) is 4.75. The summed E-state index contributed by atoms with van der Waals surface area (Å²) in [6, 6.07) is 4.22. The summed E-state index contributed by atoms with van der Waals surface area (Å²) in [5, 5.41) is 2.01. The average molecular weight is 315 g/mol. The molecule has 0 heterocycles. The van der Waals surface area contributed by atoms with E-state index in [-0.39, 0.29) is 6.61 Å². The summed E-state index contributed by atoms with van der Waals surface area (Å²) >= 11 is 0. The van der Waals surface area contributed by atoms with Crippen LogP contribution in [0.1, 0.15) is 17.2 Å². The second kappa shape index (κ2) is 6.39. The van der Waals surface area contributed by atoms with Crippen LogP contribution in [0, 0.1) is 0 Å². The van der Waals surface area contributed by atoms with Gasteiger partial charge in [-0.3, -0.25) is 4.79 Å². The molecule has 1 N–H and O–H groups in total. The van der Waals surface area contributed by atoms with Gasteiger partial charge < -0.3 is 14.8 Å². The first kappa shape index (κ1) is 16.4. The Bertz CT molecular complexity index is 572. The number of carbonyl (C=O) groups is 1. The van der Waals surface area contributed by atoms with Crippen LogP contribution in [0.3, 0.4) is 0 Å². The summed E-state index contributed by atoms with van der Waals surface area (Å²) < 4.78 is 48.1. The molecule has 1 aliphatic rings. The van der Waals surface area contributed by atoms with E-state index >= 15 is 0 Å². The predicted octanol–water partition coefficient (Wildman–Crippen LogP) is 2.54. The molecule has 1 aliphatic carbocycles. The highest BCUT2D eigenvalue weighted by molar-refractivity contribution is 5.82. The Morgan fingerprint density at radius 3 is 2.82 bits per heavy atom. The van der Waals surface area contributed by atoms with Crippen LogP contribution in [-0.4, -0.2) is 31.9 Å². The number of rotatable bonds is 5. The Labute approximate surface area is 125 Å². The molecule has 0 saturated carbocycles. The maximum atomic E-state index is 12.5. The van der Waals surface area contributed by atoms with Crippen molar-refractivity contribution >= 4 is 5.91 Å².